The van der Waals surface area contributed by atoms with E-state index in [-0.39, 0.29) is 24.5 Å². The van der Waals surface area contributed by atoms with Crippen LogP contribution in [-0.4, -0.2) is 46.5 Å². The van der Waals surface area contributed by atoms with E-state index in [1.54, 1.807) is 12.4 Å². The van der Waals surface area contributed by atoms with Gasteiger partial charge in [-0.15, -0.1) is 0 Å². The van der Waals surface area contributed by atoms with Gasteiger partial charge in [0.2, 0.25) is 0 Å². The van der Waals surface area contributed by atoms with Crippen LogP contribution in [0.4, 0.5) is 4.79 Å². The monoisotopic (exact) mass is 387 g/mol. The maximum Gasteiger partial charge on any atom is 0.326 e. The minimum Gasteiger partial charge on any atom is -0.464 e. The third-order valence-electron chi connectivity index (χ3n) is 5.51. The van der Waals surface area contributed by atoms with Gasteiger partial charge in [0.05, 0.1) is 6.61 Å². The maximum atomic E-state index is 13.0. The van der Waals surface area contributed by atoms with Crippen molar-refractivity contribution < 1.29 is 19.1 Å². The lowest BCUT2D eigenvalue weighted by Gasteiger charge is -2.43. The molecule has 3 amide bonds. The minimum absolute atomic E-state index is 0.0383. The van der Waals surface area contributed by atoms with Crippen molar-refractivity contribution in [2.24, 2.45) is 11.3 Å². The first kappa shape index (κ1) is 20.3. The van der Waals surface area contributed by atoms with Crippen LogP contribution in [0.15, 0.2) is 24.5 Å². The van der Waals surface area contributed by atoms with Crippen LogP contribution in [0.25, 0.3) is 0 Å². The number of aryl methyl sites for hydroxylation is 1. The number of ether oxygens (including phenoxy) is 1. The zero-order valence-electron chi connectivity index (χ0n) is 16.9. The number of hydrogen-bond acceptors (Lipinski definition) is 5. The van der Waals surface area contributed by atoms with Crippen LogP contribution in [0.2, 0.25) is 0 Å². The molecule has 1 saturated carbocycles. The highest BCUT2D eigenvalue weighted by atomic mass is 16.5. The quantitative estimate of drug-likeness (QED) is 0.461. The number of nitrogens with one attached hydrogen (secondary N) is 1. The number of esters is 1. The Kier molecular flexibility index (Phi) is 5.72. The van der Waals surface area contributed by atoms with Gasteiger partial charge >= 0.3 is 12.0 Å². The molecular weight excluding hydrogens is 358 g/mol. The van der Waals surface area contributed by atoms with E-state index in [0.717, 1.165) is 23.3 Å². The number of hydrogen-bond donors (Lipinski definition) is 1. The van der Waals surface area contributed by atoms with Crippen molar-refractivity contribution in [1.82, 2.24) is 15.2 Å². The molecule has 2 aliphatic rings. The summed E-state index contributed by atoms with van der Waals surface area (Å²) in [4.78, 5) is 42.6. The van der Waals surface area contributed by atoms with E-state index >= 15 is 0 Å². The summed E-state index contributed by atoms with van der Waals surface area (Å²) >= 11 is 0. The molecule has 1 aromatic rings. The molecule has 1 spiro atoms. The van der Waals surface area contributed by atoms with Crippen molar-refractivity contribution >= 4 is 17.9 Å². The highest BCUT2D eigenvalue weighted by molar-refractivity contribution is 6.08. The molecule has 0 aromatic carbocycles. The third-order valence-corrected chi connectivity index (χ3v) is 5.51. The number of aromatic nitrogens is 1. The average molecular weight is 387 g/mol. The lowest BCUT2D eigenvalue weighted by atomic mass is 9.64. The Bertz CT molecular complexity index is 749. The molecule has 7 nitrogen and oxygen atoms in total. The fourth-order valence-corrected chi connectivity index (χ4v) is 4.83. The van der Waals surface area contributed by atoms with Crippen molar-refractivity contribution in [3.8, 4) is 0 Å². The van der Waals surface area contributed by atoms with Crippen LogP contribution in [0, 0.1) is 11.3 Å². The summed E-state index contributed by atoms with van der Waals surface area (Å²) in [5.74, 6) is -0.535. The summed E-state index contributed by atoms with van der Waals surface area (Å²) in [7, 11) is 0. The first-order valence-corrected chi connectivity index (χ1v) is 9.89. The first-order valence-electron chi connectivity index (χ1n) is 9.89. The number of pyridine rings is 1. The van der Waals surface area contributed by atoms with Crippen LogP contribution >= 0.6 is 0 Å². The van der Waals surface area contributed by atoms with E-state index in [1.165, 1.54) is 0 Å². The summed E-state index contributed by atoms with van der Waals surface area (Å²) in [5.41, 5.74) is 0.144. The van der Waals surface area contributed by atoms with Crippen LogP contribution in [0.5, 0.6) is 0 Å². The average Bonchev–Trinajstić information content (AvgIpc) is 2.81. The molecule has 0 radical (unpaired) electrons. The largest absolute Gasteiger partial charge is 0.464 e. The van der Waals surface area contributed by atoms with E-state index < -0.39 is 17.5 Å². The second-order valence-electron chi connectivity index (χ2n) is 8.94. The molecule has 2 heterocycles. The molecule has 1 aliphatic heterocycles. The van der Waals surface area contributed by atoms with Gasteiger partial charge in [-0.2, -0.15) is 0 Å². The Morgan fingerprint density at radius 1 is 1.36 bits per heavy atom. The van der Waals surface area contributed by atoms with E-state index in [1.807, 2.05) is 12.1 Å². The number of amides is 3. The number of rotatable bonds is 6. The van der Waals surface area contributed by atoms with E-state index in [9.17, 15) is 14.4 Å². The SMILES string of the molecule is CC1CC(C)(C)CC2(C1)NC(=O)N(CC(=O)OCCCc1cccnc1)C2=O. The molecular formula is C21H29N3O4. The summed E-state index contributed by atoms with van der Waals surface area (Å²) in [6.45, 7) is 6.23. The van der Waals surface area contributed by atoms with Crippen LogP contribution in [0.1, 0.15) is 52.0 Å². The highest BCUT2D eigenvalue weighted by Gasteiger charge is 2.56. The van der Waals surface area contributed by atoms with Gasteiger partial charge in [0.1, 0.15) is 12.1 Å². The lowest BCUT2D eigenvalue weighted by Crippen LogP contribution is -2.54. The standard InChI is InChI=1S/C21H29N3O4/c1-15-10-20(2,3)14-21(11-15)18(26)24(19(27)23-21)13-17(25)28-9-5-7-16-6-4-8-22-12-16/h4,6,8,12,15H,5,7,9-11,13-14H2,1-3H3,(H,23,27). The number of imide groups is 1. The Balaban J connectivity index is 1.52. The molecule has 28 heavy (non-hydrogen) atoms. The Morgan fingerprint density at radius 2 is 2.14 bits per heavy atom. The normalized spacial score (nSPS) is 26.4. The van der Waals surface area contributed by atoms with Crippen molar-refractivity contribution in [2.75, 3.05) is 13.2 Å². The Hall–Kier alpha value is -2.44. The number of nitrogens with zero attached hydrogens (tertiary/aromatic N) is 2. The summed E-state index contributed by atoms with van der Waals surface area (Å²) in [6.07, 6.45) is 7.11. The van der Waals surface area contributed by atoms with E-state index in [4.69, 9.17) is 4.74 Å². The topological polar surface area (TPSA) is 88.6 Å². The molecule has 152 valence electrons. The molecule has 2 atom stereocenters. The molecule has 1 aromatic heterocycles. The zero-order valence-corrected chi connectivity index (χ0v) is 16.9. The van der Waals surface area contributed by atoms with Crippen molar-refractivity contribution in [2.45, 2.75) is 58.4 Å². The second kappa shape index (κ2) is 7.89. The number of urea groups is 1. The molecule has 7 heteroatoms. The van der Waals surface area contributed by atoms with Gasteiger partial charge in [-0.3, -0.25) is 19.5 Å². The molecule has 1 N–H and O–H groups in total. The summed E-state index contributed by atoms with van der Waals surface area (Å²) in [5, 5.41) is 2.87. The van der Waals surface area contributed by atoms with Gasteiger partial charge in [0, 0.05) is 12.4 Å². The Labute approximate surface area is 165 Å². The fraction of sp³-hybridized carbons (Fsp3) is 0.619. The minimum atomic E-state index is -0.890. The molecule has 3 rings (SSSR count). The van der Waals surface area contributed by atoms with Gasteiger partial charge in [-0.1, -0.05) is 26.8 Å². The third kappa shape index (κ3) is 4.51. The summed E-state index contributed by atoms with van der Waals surface area (Å²) < 4.78 is 5.23. The molecule has 1 saturated heterocycles. The molecule has 2 unspecified atom stereocenters. The van der Waals surface area contributed by atoms with Gasteiger partial charge in [0.15, 0.2) is 0 Å². The molecule has 2 fully saturated rings. The maximum absolute atomic E-state index is 13.0. The van der Waals surface area contributed by atoms with Gasteiger partial charge in [-0.25, -0.2) is 4.79 Å². The number of carbonyl (C=O) groups is 3. The van der Waals surface area contributed by atoms with Gasteiger partial charge in [0.25, 0.3) is 5.91 Å². The molecule has 0 bridgehead atoms. The zero-order chi connectivity index (χ0) is 20.4. The van der Waals surface area contributed by atoms with Crippen LogP contribution < -0.4 is 5.32 Å². The molecule has 1 aliphatic carbocycles. The predicted molar refractivity (Wildman–Crippen MR) is 103 cm³/mol. The van der Waals surface area contributed by atoms with Crippen LogP contribution in [0.3, 0.4) is 0 Å². The fourth-order valence-electron chi connectivity index (χ4n) is 4.83. The lowest BCUT2D eigenvalue weighted by molar-refractivity contribution is -0.148. The smallest absolute Gasteiger partial charge is 0.326 e. The van der Waals surface area contributed by atoms with Gasteiger partial charge in [-0.05, 0) is 55.1 Å². The first-order chi connectivity index (χ1) is 13.2. The van der Waals surface area contributed by atoms with Gasteiger partial charge < -0.3 is 10.1 Å². The van der Waals surface area contributed by atoms with Crippen molar-refractivity contribution in [3.63, 3.8) is 0 Å². The van der Waals surface area contributed by atoms with Crippen LogP contribution in [-0.2, 0) is 20.7 Å². The van der Waals surface area contributed by atoms with E-state index in [2.05, 4.69) is 31.1 Å². The number of carbonyl (C=O) groups excluding carboxylic acids is 3. The Morgan fingerprint density at radius 3 is 2.82 bits per heavy atom. The van der Waals surface area contributed by atoms with Crippen molar-refractivity contribution in [3.05, 3.63) is 30.1 Å². The second-order valence-corrected chi connectivity index (χ2v) is 8.94. The van der Waals surface area contributed by atoms with E-state index in [0.29, 0.717) is 25.2 Å². The summed E-state index contributed by atoms with van der Waals surface area (Å²) in [6, 6.07) is 3.33. The highest BCUT2D eigenvalue weighted by Crippen LogP contribution is 2.46. The predicted octanol–water partition coefficient (Wildman–Crippen LogP) is 2.69. The van der Waals surface area contributed by atoms with Crippen molar-refractivity contribution in [1.29, 1.82) is 0 Å².